The summed E-state index contributed by atoms with van der Waals surface area (Å²) in [6, 6.07) is -4.79. The van der Waals surface area contributed by atoms with Gasteiger partial charge in [0.25, 0.3) is 0 Å². The van der Waals surface area contributed by atoms with E-state index in [1.807, 2.05) is 13.8 Å². The van der Waals surface area contributed by atoms with Gasteiger partial charge in [-0.1, -0.05) is 13.8 Å². The predicted octanol–water partition coefficient (Wildman–Crippen LogP) is -2.73. The Labute approximate surface area is 174 Å². The number of hydrogen-bond donors (Lipinski definition) is 6. The van der Waals surface area contributed by atoms with Crippen LogP contribution < -0.4 is 22.1 Å². The number of primary amides is 1. The zero-order chi connectivity index (χ0) is 23.0. The molecule has 4 unspecified atom stereocenters. The fourth-order valence-corrected chi connectivity index (χ4v) is 3.25. The van der Waals surface area contributed by atoms with Crippen LogP contribution in [0.1, 0.15) is 39.5 Å². The van der Waals surface area contributed by atoms with Crippen LogP contribution in [0.2, 0.25) is 0 Å². The molecular weight excluding hydrogens is 398 g/mol. The SMILES string of the molecule is CC(C)CC(N)C(=O)NC(CO)C(=O)NC(CC(N)=O)C(=O)N1CCCC1C(=O)O. The third kappa shape index (κ3) is 7.26. The van der Waals surface area contributed by atoms with E-state index in [0.717, 1.165) is 4.90 Å². The van der Waals surface area contributed by atoms with Crippen LogP contribution in [0.15, 0.2) is 0 Å². The summed E-state index contributed by atoms with van der Waals surface area (Å²) in [6.07, 6.45) is 0.511. The number of aliphatic hydroxyl groups excluding tert-OH is 1. The monoisotopic (exact) mass is 429 g/mol. The van der Waals surface area contributed by atoms with E-state index < -0.39 is 66.8 Å². The molecule has 30 heavy (non-hydrogen) atoms. The Morgan fingerprint density at radius 3 is 2.20 bits per heavy atom. The topological polar surface area (TPSA) is 205 Å². The average Bonchev–Trinajstić information content (AvgIpc) is 3.13. The first kappa shape index (κ1) is 25.3. The molecule has 0 bridgehead atoms. The van der Waals surface area contributed by atoms with E-state index >= 15 is 0 Å². The number of carboxylic acids is 1. The molecule has 1 aliphatic heterocycles. The highest BCUT2D eigenvalue weighted by Gasteiger charge is 2.38. The number of likely N-dealkylation sites (tertiary alicyclic amines) is 1. The smallest absolute Gasteiger partial charge is 0.326 e. The number of rotatable bonds is 11. The molecule has 1 fully saturated rings. The number of nitrogens with zero attached hydrogens (tertiary/aromatic N) is 1. The van der Waals surface area contributed by atoms with E-state index in [2.05, 4.69) is 10.6 Å². The summed E-state index contributed by atoms with van der Waals surface area (Å²) in [6.45, 7) is 3.12. The minimum Gasteiger partial charge on any atom is -0.480 e. The minimum atomic E-state index is -1.43. The highest BCUT2D eigenvalue weighted by Crippen LogP contribution is 2.19. The van der Waals surface area contributed by atoms with Crippen molar-refractivity contribution in [1.82, 2.24) is 15.5 Å². The second-order valence-corrected chi connectivity index (χ2v) is 7.74. The molecule has 0 saturated carbocycles. The summed E-state index contributed by atoms with van der Waals surface area (Å²) in [4.78, 5) is 61.2. The molecule has 0 aromatic heterocycles. The van der Waals surface area contributed by atoms with Gasteiger partial charge in [-0.3, -0.25) is 19.2 Å². The standard InChI is InChI=1S/C18H31N5O7/c1-9(2)6-10(19)15(26)22-12(8-24)16(27)21-11(7-14(20)25)17(28)23-5-3-4-13(23)18(29)30/h9-13,24H,3-8,19H2,1-2H3,(H2,20,25)(H,21,27)(H,22,26)(H,29,30). The van der Waals surface area contributed by atoms with Gasteiger partial charge in [-0.15, -0.1) is 0 Å². The van der Waals surface area contributed by atoms with E-state index in [0.29, 0.717) is 12.8 Å². The maximum atomic E-state index is 12.8. The van der Waals surface area contributed by atoms with Crippen LogP contribution in [0.5, 0.6) is 0 Å². The second-order valence-electron chi connectivity index (χ2n) is 7.74. The van der Waals surface area contributed by atoms with Crippen molar-refractivity contribution in [2.24, 2.45) is 17.4 Å². The number of amides is 4. The number of hydrogen-bond acceptors (Lipinski definition) is 7. The third-order valence-electron chi connectivity index (χ3n) is 4.72. The van der Waals surface area contributed by atoms with Crippen molar-refractivity contribution in [3.8, 4) is 0 Å². The van der Waals surface area contributed by atoms with Crippen LogP contribution in [-0.2, 0) is 24.0 Å². The molecule has 0 radical (unpaired) electrons. The largest absolute Gasteiger partial charge is 0.480 e. The number of nitrogens with two attached hydrogens (primary N) is 2. The van der Waals surface area contributed by atoms with Gasteiger partial charge in [-0.2, -0.15) is 0 Å². The molecular formula is C18H31N5O7. The van der Waals surface area contributed by atoms with Gasteiger partial charge in [0.15, 0.2) is 0 Å². The summed E-state index contributed by atoms with van der Waals surface area (Å²) < 4.78 is 0. The summed E-state index contributed by atoms with van der Waals surface area (Å²) >= 11 is 0. The quantitative estimate of drug-likeness (QED) is 0.203. The lowest BCUT2D eigenvalue weighted by molar-refractivity contribution is -0.149. The Morgan fingerprint density at radius 1 is 1.10 bits per heavy atom. The van der Waals surface area contributed by atoms with Crippen molar-refractivity contribution in [2.45, 2.75) is 63.7 Å². The van der Waals surface area contributed by atoms with Gasteiger partial charge < -0.3 is 37.2 Å². The lowest BCUT2D eigenvalue weighted by Gasteiger charge is -2.28. The van der Waals surface area contributed by atoms with Crippen LogP contribution in [0.25, 0.3) is 0 Å². The highest BCUT2D eigenvalue weighted by atomic mass is 16.4. The number of nitrogens with one attached hydrogen (secondary N) is 2. The lowest BCUT2D eigenvalue weighted by atomic mass is 10.0. The van der Waals surface area contributed by atoms with Crippen molar-refractivity contribution in [1.29, 1.82) is 0 Å². The number of carboxylic acid groups (broad SMARTS) is 1. The van der Waals surface area contributed by atoms with E-state index in [4.69, 9.17) is 11.5 Å². The van der Waals surface area contributed by atoms with Gasteiger partial charge in [-0.25, -0.2) is 4.79 Å². The molecule has 1 saturated heterocycles. The minimum absolute atomic E-state index is 0.132. The summed E-state index contributed by atoms with van der Waals surface area (Å²) in [5.41, 5.74) is 10.9. The fourth-order valence-electron chi connectivity index (χ4n) is 3.25. The van der Waals surface area contributed by atoms with Crippen LogP contribution in [-0.4, -0.2) is 82.0 Å². The van der Waals surface area contributed by atoms with Crippen molar-refractivity contribution >= 4 is 29.6 Å². The molecule has 170 valence electrons. The number of aliphatic hydroxyl groups is 1. The van der Waals surface area contributed by atoms with Gasteiger partial charge in [-0.05, 0) is 25.2 Å². The Kier molecular flexibility index (Phi) is 9.66. The molecule has 4 amide bonds. The van der Waals surface area contributed by atoms with Crippen LogP contribution >= 0.6 is 0 Å². The third-order valence-corrected chi connectivity index (χ3v) is 4.72. The van der Waals surface area contributed by atoms with E-state index in [1.165, 1.54) is 0 Å². The Bertz CT molecular complexity index is 669. The molecule has 0 aromatic rings. The summed E-state index contributed by atoms with van der Waals surface area (Å²) in [5, 5.41) is 23.3. The highest BCUT2D eigenvalue weighted by molar-refractivity contribution is 5.96. The molecule has 12 heteroatoms. The molecule has 0 aromatic carbocycles. The molecule has 1 heterocycles. The molecule has 8 N–H and O–H groups in total. The first-order valence-electron chi connectivity index (χ1n) is 9.76. The van der Waals surface area contributed by atoms with Crippen LogP contribution in [0.3, 0.4) is 0 Å². The van der Waals surface area contributed by atoms with E-state index in [-0.39, 0.29) is 18.9 Å². The zero-order valence-electron chi connectivity index (χ0n) is 17.2. The normalized spacial score (nSPS) is 19.1. The Balaban J connectivity index is 2.88. The van der Waals surface area contributed by atoms with Crippen LogP contribution in [0, 0.1) is 5.92 Å². The Hall–Kier alpha value is -2.73. The summed E-state index contributed by atoms with van der Waals surface area (Å²) in [7, 11) is 0. The van der Waals surface area contributed by atoms with Gasteiger partial charge in [0.05, 0.1) is 19.1 Å². The molecule has 1 aliphatic rings. The molecule has 4 atom stereocenters. The summed E-state index contributed by atoms with van der Waals surface area (Å²) in [5.74, 6) is -4.29. The molecule has 0 aliphatic carbocycles. The fraction of sp³-hybridized carbons (Fsp3) is 0.722. The number of carbonyl (C=O) groups excluding carboxylic acids is 4. The van der Waals surface area contributed by atoms with Crippen molar-refractivity contribution in [2.75, 3.05) is 13.2 Å². The van der Waals surface area contributed by atoms with Gasteiger partial charge >= 0.3 is 5.97 Å². The van der Waals surface area contributed by atoms with Gasteiger partial charge in [0.2, 0.25) is 23.6 Å². The lowest BCUT2D eigenvalue weighted by Crippen LogP contribution is -2.58. The van der Waals surface area contributed by atoms with Crippen molar-refractivity contribution in [3.05, 3.63) is 0 Å². The van der Waals surface area contributed by atoms with Crippen LogP contribution in [0.4, 0.5) is 0 Å². The number of carbonyl (C=O) groups is 5. The molecule has 0 spiro atoms. The average molecular weight is 429 g/mol. The predicted molar refractivity (Wildman–Crippen MR) is 105 cm³/mol. The second kappa shape index (κ2) is 11.5. The molecule has 12 nitrogen and oxygen atoms in total. The maximum absolute atomic E-state index is 12.8. The number of aliphatic carboxylic acids is 1. The van der Waals surface area contributed by atoms with Crippen molar-refractivity contribution in [3.63, 3.8) is 0 Å². The van der Waals surface area contributed by atoms with Gasteiger partial charge in [0.1, 0.15) is 18.1 Å². The maximum Gasteiger partial charge on any atom is 0.326 e. The first-order chi connectivity index (χ1) is 14.0. The first-order valence-corrected chi connectivity index (χ1v) is 9.76. The zero-order valence-corrected chi connectivity index (χ0v) is 17.2. The van der Waals surface area contributed by atoms with E-state index in [1.54, 1.807) is 0 Å². The molecule has 1 rings (SSSR count). The van der Waals surface area contributed by atoms with E-state index in [9.17, 15) is 34.2 Å². The Morgan fingerprint density at radius 2 is 1.70 bits per heavy atom. The van der Waals surface area contributed by atoms with Crippen molar-refractivity contribution < 1.29 is 34.2 Å². The van der Waals surface area contributed by atoms with Gasteiger partial charge in [0, 0.05) is 6.54 Å².